The maximum atomic E-state index is 13.0. The largest absolute Gasteiger partial charge is 0.392 e. The van der Waals surface area contributed by atoms with Gasteiger partial charge in [0.1, 0.15) is 0 Å². The molecule has 0 aromatic carbocycles. The third-order valence-corrected chi connectivity index (χ3v) is 3.91. The van der Waals surface area contributed by atoms with E-state index in [0.717, 1.165) is 0 Å². The Morgan fingerprint density at radius 1 is 1.30 bits per heavy atom. The van der Waals surface area contributed by atoms with Crippen LogP contribution >= 0.6 is 0 Å². The van der Waals surface area contributed by atoms with Crippen LogP contribution in [0.2, 0.25) is 0 Å². The topological polar surface area (TPSA) is 55.1 Å². The van der Waals surface area contributed by atoms with Gasteiger partial charge >= 0.3 is 6.18 Å². The van der Waals surface area contributed by atoms with Crippen LogP contribution in [0, 0.1) is 17.8 Å². The number of carbonyl (C=O) groups excluding carboxylic acids is 1. The molecule has 0 aliphatic heterocycles. The van der Waals surface area contributed by atoms with Crippen LogP contribution in [-0.2, 0) is 4.79 Å². The van der Waals surface area contributed by atoms with Gasteiger partial charge in [-0.3, -0.25) is 4.79 Å². The first kappa shape index (κ1) is 17.3. The Morgan fingerprint density at radius 3 is 2.40 bits per heavy atom. The van der Waals surface area contributed by atoms with Crippen LogP contribution in [-0.4, -0.2) is 24.7 Å². The smallest absolute Gasteiger partial charge is 0.352 e. The van der Waals surface area contributed by atoms with E-state index in [9.17, 15) is 18.0 Å². The molecule has 0 aromatic rings. The molecule has 3 atom stereocenters. The normalized spacial score (nSPS) is 25.6. The maximum Gasteiger partial charge on any atom is 0.392 e. The van der Waals surface area contributed by atoms with E-state index < -0.39 is 23.9 Å². The molecular formula is C14H25F3N2O. The lowest BCUT2D eigenvalue weighted by Gasteiger charge is -2.33. The van der Waals surface area contributed by atoms with Gasteiger partial charge in [-0.25, -0.2) is 0 Å². The van der Waals surface area contributed by atoms with E-state index in [-0.39, 0.29) is 19.0 Å². The summed E-state index contributed by atoms with van der Waals surface area (Å²) in [6, 6.07) is -0.238. The standard InChI is InChI=1S/C14H25F3N2O/c1-9(2)7-10(8-18)19-13(20)11-5-3-4-6-12(11)14(15,16)17/h9-12H,3-8,18H2,1-2H3,(H,19,20). The summed E-state index contributed by atoms with van der Waals surface area (Å²) < 4.78 is 38.9. The van der Waals surface area contributed by atoms with E-state index in [1.165, 1.54) is 0 Å². The highest BCUT2D eigenvalue weighted by atomic mass is 19.4. The summed E-state index contributed by atoms with van der Waals surface area (Å²) in [5.41, 5.74) is 5.58. The van der Waals surface area contributed by atoms with Gasteiger partial charge in [-0.05, 0) is 25.2 Å². The summed E-state index contributed by atoms with van der Waals surface area (Å²) in [5.74, 6) is -2.60. The lowest BCUT2D eigenvalue weighted by Crippen LogP contribution is -2.48. The first-order chi connectivity index (χ1) is 9.25. The lowest BCUT2D eigenvalue weighted by atomic mass is 9.78. The Bertz CT molecular complexity index is 318. The second-order valence-electron chi connectivity index (χ2n) is 6.11. The van der Waals surface area contributed by atoms with Gasteiger partial charge in [0.2, 0.25) is 5.91 Å². The molecule has 1 saturated carbocycles. The SMILES string of the molecule is CC(C)CC(CN)NC(=O)C1CCCCC1C(F)(F)F. The number of carbonyl (C=O) groups is 1. The van der Waals surface area contributed by atoms with E-state index >= 15 is 0 Å². The van der Waals surface area contributed by atoms with Gasteiger partial charge in [-0.2, -0.15) is 13.2 Å². The molecule has 1 aliphatic rings. The summed E-state index contributed by atoms with van der Waals surface area (Å²) in [4.78, 5) is 12.1. The van der Waals surface area contributed by atoms with Gasteiger partial charge in [-0.15, -0.1) is 0 Å². The van der Waals surface area contributed by atoms with Crippen molar-refractivity contribution in [1.82, 2.24) is 5.32 Å². The molecular weight excluding hydrogens is 269 g/mol. The number of hydrogen-bond donors (Lipinski definition) is 2. The fourth-order valence-corrected chi connectivity index (χ4v) is 2.93. The maximum absolute atomic E-state index is 13.0. The van der Waals surface area contributed by atoms with Crippen molar-refractivity contribution in [2.75, 3.05) is 6.54 Å². The van der Waals surface area contributed by atoms with Crippen molar-refractivity contribution >= 4 is 5.91 Å². The van der Waals surface area contributed by atoms with E-state index in [2.05, 4.69) is 5.32 Å². The summed E-state index contributed by atoms with van der Waals surface area (Å²) in [7, 11) is 0. The summed E-state index contributed by atoms with van der Waals surface area (Å²) in [6.45, 7) is 4.25. The zero-order valence-electron chi connectivity index (χ0n) is 12.2. The number of nitrogens with one attached hydrogen (secondary N) is 1. The molecule has 0 radical (unpaired) electrons. The van der Waals surface area contributed by atoms with E-state index in [4.69, 9.17) is 5.73 Å². The molecule has 0 saturated heterocycles. The summed E-state index contributed by atoms with van der Waals surface area (Å²) in [6.07, 6.45) is -2.01. The molecule has 118 valence electrons. The van der Waals surface area contributed by atoms with Crippen LogP contribution < -0.4 is 11.1 Å². The fourth-order valence-electron chi connectivity index (χ4n) is 2.93. The van der Waals surface area contributed by atoms with Crippen LogP contribution in [0.5, 0.6) is 0 Å². The Balaban J connectivity index is 2.67. The number of alkyl halides is 3. The van der Waals surface area contributed by atoms with Crippen molar-refractivity contribution in [2.24, 2.45) is 23.5 Å². The highest BCUT2D eigenvalue weighted by molar-refractivity contribution is 5.79. The predicted molar refractivity (Wildman–Crippen MR) is 71.9 cm³/mol. The van der Waals surface area contributed by atoms with Gasteiger partial charge in [0, 0.05) is 18.5 Å². The molecule has 0 bridgehead atoms. The van der Waals surface area contributed by atoms with Gasteiger partial charge < -0.3 is 11.1 Å². The average molecular weight is 294 g/mol. The van der Waals surface area contributed by atoms with Gasteiger partial charge in [-0.1, -0.05) is 26.7 Å². The van der Waals surface area contributed by atoms with Gasteiger partial charge in [0.25, 0.3) is 0 Å². The number of halogens is 3. The van der Waals surface area contributed by atoms with Crippen LogP contribution in [0.15, 0.2) is 0 Å². The molecule has 3 unspecified atom stereocenters. The van der Waals surface area contributed by atoms with Crippen molar-refractivity contribution in [3.63, 3.8) is 0 Å². The Morgan fingerprint density at radius 2 is 1.90 bits per heavy atom. The minimum absolute atomic E-state index is 0.0546. The second kappa shape index (κ2) is 7.29. The number of rotatable bonds is 5. The van der Waals surface area contributed by atoms with E-state index in [1.54, 1.807) is 0 Å². The third kappa shape index (κ3) is 4.96. The van der Waals surface area contributed by atoms with Crippen molar-refractivity contribution in [2.45, 2.75) is 58.2 Å². The molecule has 1 fully saturated rings. The fraction of sp³-hybridized carbons (Fsp3) is 0.929. The van der Waals surface area contributed by atoms with Crippen LogP contribution in [0.3, 0.4) is 0 Å². The van der Waals surface area contributed by atoms with Gasteiger partial charge in [0.05, 0.1) is 5.92 Å². The highest BCUT2D eigenvalue weighted by Crippen LogP contribution is 2.41. The minimum Gasteiger partial charge on any atom is -0.352 e. The monoisotopic (exact) mass is 294 g/mol. The molecule has 20 heavy (non-hydrogen) atoms. The molecule has 1 rings (SSSR count). The summed E-state index contributed by atoms with van der Waals surface area (Å²) in [5, 5.41) is 2.71. The average Bonchev–Trinajstić information content (AvgIpc) is 2.36. The first-order valence-electron chi connectivity index (χ1n) is 7.32. The van der Waals surface area contributed by atoms with Crippen molar-refractivity contribution in [3.05, 3.63) is 0 Å². The molecule has 3 nitrogen and oxygen atoms in total. The van der Waals surface area contributed by atoms with Crippen molar-refractivity contribution < 1.29 is 18.0 Å². The number of nitrogens with two attached hydrogens (primary N) is 1. The summed E-state index contributed by atoms with van der Waals surface area (Å²) >= 11 is 0. The molecule has 0 aromatic heterocycles. The van der Waals surface area contributed by atoms with Crippen LogP contribution in [0.4, 0.5) is 13.2 Å². The third-order valence-electron chi connectivity index (χ3n) is 3.91. The molecule has 6 heteroatoms. The molecule has 1 aliphatic carbocycles. The van der Waals surface area contributed by atoms with Crippen molar-refractivity contribution in [3.8, 4) is 0 Å². The number of hydrogen-bond acceptors (Lipinski definition) is 2. The lowest BCUT2D eigenvalue weighted by molar-refractivity contribution is -0.198. The molecule has 1 amide bonds. The highest BCUT2D eigenvalue weighted by Gasteiger charge is 2.48. The van der Waals surface area contributed by atoms with Crippen molar-refractivity contribution in [1.29, 1.82) is 0 Å². The quantitative estimate of drug-likeness (QED) is 0.819. The number of amides is 1. The predicted octanol–water partition coefficient (Wildman–Crippen LogP) is 2.84. The Labute approximate surface area is 118 Å². The van der Waals surface area contributed by atoms with E-state index in [0.29, 0.717) is 31.6 Å². The molecule has 0 heterocycles. The zero-order valence-corrected chi connectivity index (χ0v) is 12.2. The molecule has 3 N–H and O–H groups in total. The minimum atomic E-state index is -4.29. The zero-order chi connectivity index (χ0) is 15.3. The Hall–Kier alpha value is -0.780. The van der Waals surface area contributed by atoms with Crippen LogP contribution in [0.25, 0.3) is 0 Å². The van der Waals surface area contributed by atoms with Gasteiger partial charge in [0.15, 0.2) is 0 Å². The van der Waals surface area contributed by atoms with Crippen LogP contribution in [0.1, 0.15) is 46.0 Å². The molecule has 0 spiro atoms. The van der Waals surface area contributed by atoms with E-state index in [1.807, 2.05) is 13.8 Å². The second-order valence-corrected chi connectivity index (χ2v) is 6.11. The Kier molecular flexibility index (Phi) is 6.30. The first-order valence-corrected chi connectivity index (χ1v) is 7.32.